The van der Waals surface area contributed by atoms with Crippen molar-refractivity contribution in [1.82, 2.24) is 39.6 Å². The fraction of sp³-hybridized carbons (Fsp3) is 0.474. The number of amides is 4. The van der Waals surface area contributed by atoms with Crippen LogP contribution in [0.1, 0.15) is 60.4 Å². The first-order valence-electron chi connectivity index (χ1n) is 17.8. The van der Waals surface area contributed by atoms with E-state index in [1.165, 1.54) is 29.9 Å². The Morgan fingerprint density at radius 3 is 2.07 bits per heavy atom. The van der Waals surface area contributed by atoms with Gasteiger partial charge in [0.15, 0.2) is 0 Å². The van der Waals surface area contributed by atoms with Gasteiger partial charge in [-0.15, -0.1) is 6.58 Å². The first kappa shape index (κ1) is 41.6. The lowest BCUT2D eigenvalue weighted by Crippen LogP contribution is -2.60. The number of hydrogen-bond donors (Lipinski definition) is 3. The van der Waals surface area contributed by atoms with Crippen molar-refractivity contribution >= 4 is 50.0 Å². The second kappa shape index (κ2) is 15.5. The smallest absolute Gasteiger partial charge is 0.408 e. The molecule has 4 amide bonds. The molecule has 1 aliphatic heterocycles. The third-order valence-corrected chi connectivity index (χ3v) is 11.4. The number of carbonyl (C=O) groups excluding carboxylic acids is 4. The van der Waals surface area contributed by atoms with E-state index < -0.39 is 74.6 Å². The lowest BCUT2D eigenvalue weighted by atomic mass is 9.85. The average molecular weight is 842 g/mol. The van der Waals surface area contributed by atoms with Crippen molar-refractivity contribution in [3.8, 4) is 22.5 Å². The Kier molecular flexibility index (Phi) is 11.7. The van der Waals surface area contributed by atoms with E-state index in [0.717, 1.165) is 19.9 Å². The van der Waals surface area contributed by atoms with Crippen molar-refractivity contribution < 1.29 is 32.3 Å². The summed E-state index contributed by atoms with van der Waals surface area (Å²) in [7, 11) is -1.65. The van der Waals surface area contributed by atoms with Crippen LogP contribution in [-0.2, 0) is 29.3 Å². The molecule has 55 heavy (non-hydrogen) atoms. The van der Waals surface area contributed by atoms with Crippen LogP contribution in [0.4, 0.5) is 4.79 Å². The van der Waals surface area contributed by atoms with E-state index in [1.54, 1.807) is 41.5 Å². The second-order valence-electron chi connectivity index (χ2n) is 16.2. The number of nitrogens with zero attached hydrogens (tertiary/aromatic N) is 5. The van der Waals surface area contributed by atoms with Crippen LogP contribution in [0.15, 0.2) is 71.7 Å². The normalized spacial score (nSPS) is 21.8. The lowest BCUT2D eigenvalue weighted by Gasteiger charge is -2.36. The number of ether oxygens (including phenoxy) is 1. The number of benzene rings is 2. The topological polar surface area (TPSA) is 185 Å². The van der Waals surface area contributed by atoms with E-state index in [2.05, 4.69) is 33.1 Å². The monoisotopic (exact) mass is 840 g/mol. The standard InChI is InChI=1S/C38H49BrN8O7S/c1-10-25-21-38(25,34(50)44-55(52,53)45(8)9)41-32(48)28-20-27(22-46(28)33(49)31(36(2,3)4)40-35(51)54-37(5,6)7)47-42-29(23-14-12-11-13-15-23)30(43-47)24-16-18-26(39)19-17-24/h10-19,25,27-28,31H,1,20-22H2,2-9H3,(H,40,51)(H,41,48)(H,44,50)/t25-,27-,28+,31-,38+/m1/s1. The lowest BCUT2D eigenvalue weighted by molar-refractivity contribution is -0.143. The van der Waals surface area contributed by atoms with Gasteiger partial charge < -0.3 is 20.3 Å². The van der Waals surface area contributed by atoms with Gasteiger partial charge in [-0.25, -0.2) is 9.52 Å². The minimum Gasteiger partial charge on any atom is -0.444 e. The van der Waals surface area contributed by atoms with Crippen molar-refractivity contribution in [3.63, 3.8) is 0 Å². The first-order valence-corrected chi connectivity index (χ1v) is 20.1. The molecule has 3 aromatic rings. The van der Waals surface area contributed by atoms with Gasteiger partial charge in [-0.05, 0) is 44.7 Å². The van der Waals surface area contributed by atoms with Crippen molar-refractivity contribution in [2.24, 2.45) is 11.3 Å². The van der Waals surface area contributed by atoms with Crippen molar-refractivity contribution in [1.29, 1.82) is 0 Å². The predicted molar refractivity (Wildman–Crippen MR) is 210 cm³/mol. The highest BCUT2D eigenvalue weighted by atomic mass is 79.9. The molecule has 17 heteroatoms. The number of alkyl carbamates (subject to hydrolysis) is 1. The Morgan fingerprint density at radius 2 is 1.56 bits per heavy atom. The summed E-state index contributed by atoms with van der Waals surface area (Å²) >= 11 is 3.48. The molecule has 1 saturated carbocycles. The summed E-state index contributed by atoms with van der Waals surface area (Å²) < 4.78 is 34.5. The number of nitrogens with one attached hydrogen (secondary N) is 3. The first-order chi connectivity index (χ1) is 25.6. The third kappa shape index (κ3) is 9.27. The van der Waals surface area contributed by atoms with Gasteiger partial charge in [-0.3, -0.25) is 14.4 Å². The third-order valence-electron chi connectivity index (χ3n) is 9.51. The molecule has 0 bridgehead atoms. The molecule has 1 aromatic heterocycles. The summed E-state index contributed by atoms with van der Waals surface area (Å²) in [5.74, 6) is -2.74. The zero-order valence-electron chi connectivity index (χ0n) is 32.3. The minimum atomic E-state index is -4.19. The Balaban J connectivity index is 1.55. The Hall–Kier alpha value is -4.61. The summed E-state index contributed by atoms with van der Waals surface area (Å²) in [6.45, 7) is 14.2. The maximum Gasteiger partial charge on any atom is 0.408 e. The highest BCUT2D eigenvalue weighted by Gasteiger charge is 2.61. The van der Waals surface area contributed by atoms with Gasteiger partial charge >= 0.3 is 16.3 Å². The molecule has 0 unspecified atom stereocenters. The van der Waals surface area contributed by atoms with Crippen molar-refractivity contribution in [2.45, 2.75) is 83.6 Å². The SMILES string of the molecule is C=C[C@@H]1C[C@@]1(NC(=O)[C@@H]1C[C@@H](n2nc(-c3ccccc3)c(-c3ccc(Br)cc3)n2)CN1C(=O)[C@@H](NC(=O)OC(C)(C)C)C(C)(C)C)C(=O)NS(=O)(=O)N(C)C. The number of rotatable bonds is 11. The van der Waals surface area contributed by atoms with Gasteiger partial charge in [0.05, 0.1) is 6.04 Å². The molecule has 2 fully saturated rings. The molecular weight excluding hydrogens is 792 g/mol. The Labute approximate surface area is 330 Å². The highest BCUT2D eigenvalue weighted by Crippen LogP contribution is 2.45. The maximum absolute atomic E-state index is 14.7. The second-order valence-corrected chi connectivity index (χ2v) is 19.0. The molecule has 296 valence electrons. The number of carbonyl (C=O) groups is 4. The number of likely N-dealkylation sites (tertiary alicyclic amines) is 1. The summed E-state index contributed by atoms with van der Waals surface area (Å²) in [5, 5.41) is 15.3. The zero-order valence-corrected chi connectivity index (χ0v) is 34.7. The minimum absolute atomic E-state index is 0.0265. The van der Waals surface area contributed by atoms with Gasteiger partial charge in [-0.2, -0.15) is 27.7 Å². The summed E-state index contributed by atoms with van der Waals surface area (Å²) in [4.78, 5) is 58.6. The average Bonchev–Trinajstić information content (AvgIpc) is 3.40. The van der Waals surface area contributed by atoms with Gasteiger partial charge in [0.1, 0.15) is 34.6 Å². The van der Waals surface area contributed by atoms with E-state index in [-0.39, 0.29) is 19.4 Å². The number of hydrogen-bond acceptors (Lipinski definition) is 9. The van der Waals surface area contributed by atoms with Crippen LogP contribution >= 0.6 is 15.9 Å². The van der Waals surface area contributed by atoms with Crippen LogP contribution in [0, 0.1) is 11.3 Å². The molecule has 0 radical (unpaired) electrons. The Bertz CT molecular complexity index is 2060. The Morgan fingerprint density at radius 1 is 0.982 bits per heavy atom. The fourth-order valence-electron chi connectivity index (χ4n) is 6.43. The van der Waals surface area contributed by atoms with Gasteiger partial charge in [0, 0.05) is 48.6 Å². The van der Waals surface area contributed by atoms with Crippen LogP contribution in [0.5, 0.6) is 0 Å². The molecule has 3 N–H and O–H groups in total. The molecule has 2 aromatic carbocycles. The summed E-state index contributed by atoms with van der Waals surface area (Å²) in [5.41, 5.74) is -0.499. The molecule has 0 spiro atoms. The summed E-state index contributed by atoms with van der Waals surface area (Å²) in [6.07, 6.45) is 0.813. The summed E-state index contributed by atoms with van der Waals surface area (Å²) in [6, 6.07) is 14.2. The van der Waals surface area contributed by atoms with Crippen LogP contribution in [0.25, 0.3) is 22.5 Å². The largest absolute Gasteiger partial charge is 0.444 e. The number of halogens is 1. The van der Waals surface area contributed by atoms with Gasteiger partial charge in [0.25, 0.3) is 5.91 Å². The molecule has 2 aliphatic rings. The molecular formula is C38H49BrN8O7S. The quantitative estimate of drug-likeness (QED) is 0.235. The molecule has 15 nitrogen and oxygen atoms in total. The van der Waals surface area contributed by atoms with Crippen LogP contribution in [0.3, 0.4) is 0 Å². The van der Waals surface area contributed by atoms with E-state index >= 15 is 0 Å². The molecule has 2 heterocycles. The van der Waals surface area contributed by atoms with Crippen LogP contribution in [0.2, 0.25) is 0 Å². The van der Waals surface area contributed by atoms with E-state index in [1.807, 2.05) is 59.3 Å². The maximum atomic E-state index is 14.7. The van der Waals surface area contributed by atoms with Crippen LogP contribution < -0.4 is 15.4 Å². The van der Waals surface area contributed by atoms with E-state index in [4.69, 9.17) is 14.9 Å². The molecule has 1 saturated heterocycles. The molecule has 5 rings (SSSR count). The van der Waals surface area contributed by atoms with Gasteiger partial charge in [-0.1, -0.05) is 85.2 Å². The fourth-order valence-corrected chi connectivity index (χ4v) is 7.29. The van der Waals surface area contributed by atoms with E-state index in [0.29, 0.717) is 11.4 Å². The predicted octanol–water partition coefficient (Wildman–Crippen LogP) is 4.44. The highest BCUT2D eigenvalue weighted by molar-refractivity contribution is 9.10. The van der Waals surface area contributed by atoms with Gasteiger partial charge in [0.2, 0.25) is 11.8 Å². The molecule has 5 atom stereocenters. The molecule has 1 aliphatic carbocycles. The van der Waals surface area contributed by atoms with E-state index in [9.17, 15) is 27.6 Å². The van der Waals surface area contributed by atoms with Crippen LogP contribution in [-0.4, -0.2) is 100 Å². The van der Waals surface area contributed by atoms with Crippen molar-refractivity contribution in [3.05, 3.63) is 71.7 Å². The number of aromatic nitrogens is 3. The van der Waals surface area contributed by atoms with Crippen molar-refractivity contribution in [2.75, 3.05) is 20.6 Å². The zero-order chi connectivity index (χ0) is 40.7.